The summed E-state index contributed by atoms with van der Waals surface area (Å²) in [6.45, 7) is 1.31. The van der Waals surface area contributed by atoms with Crippen molar-refractivity contribution in [2.24, 2.45) is 5.92 Å². The zero-order valence-corrected chi connectivity index (χ0v) is 15.1. The van der Waals surface area contributed by atoms with Crippen LogP contribution in [0, 0.1) is 5.92 Å². The Kier molecular flexibility index (Phi) is 5.42. The molecule has 1 heterocycles. The van der Waals surface area contributed by atoms with Gasteiger partial charge in [-0.2, -0.15) is 0 Å². The van der Waals surface area contributed by atoms with E-state index < -0.39 is 11.9 Å². The molecule has 5 nitrogen and oxygen atoms in total. The number of fused-ring (bicyclic) bond motifs is 1. The lowest BCUT2D eigenvalue weighted by atomic mass is 9.72. The molecular weight excluding hydrogens is 316 g/mol. The molecule has 2 aliphatic rings. The van der Waals surface area contributed by atoms with Crippen molar-refractivity contribution >= 4 is 11.9 Å². The van der Waals surface area contributed by atoms with Gasteiger partial charge < -0.3 is 14.9 Å². The summed E-state index contributed by atoms with van der Waals surface area (Å²) in [6.07, 6.45) is 5.50. The zero-order valence-electron chi connectivity index (χ0n) is 15.1. The number of aliphatic carboxylic acids is 1. The van der Waals surface area contributed by atoms with Crippen LogP contribution in [-0.4, -0.2) is 60.0 Å². The van der Waals surface area contributed by atoms with E-state index in [4.69, 9.17) is 0 Å². The molecule has 1 fully saturated rings. The molecule has 0 bridgehead atoms. The van der Waals surface area contributed by atoms with Gasteiger partial charge in [0.05, 0.1) is 6.04 Å². The van der Waals surface area contributed by atoms with Gasteiger partial charge in [0.2, 0.25) is 0 Å². The molecule has 0 radical (unpaired) electrons. The number of carboxylic acid groups (broad SMARTS) is 1. The summed E-state index contributed by atoms with van der Waals surface area (Å²) in [6, 6.07) is 7.02. The molecule has 2 unspecified atom stereocenters. The molecule has 0 spiro atoms. The van der Waals surface area contributed by atoms with E-state index in [9.17, 15) is 14.7 Å². The lowest BCUT2D eigenvalue weighted by Gasteiger charge is -2.45. The second-order valence-electron chi connectivity index (χ2n) is 7.59. The van der Waals surface area contributed by atoms with Crippen molar-refractivity contribution in [3.8, 4) is 0 Å². The minimum atomic E-state index is -0.814. The molecule has 1 aliphatic carbocycles. The van der Waals surface area contributed by atoms with Gasteiger partial charge in [-0.05, 0) is 44.5 Å². The molecule has 1 N–H and O–H groups in total. The lowest BCUT2D eigenvalue weighted by molar-refractivity contribution is -0.141. The summed E-state index contributed by atoms with van der Waals surface area (Å²) in [5, 5.41) is 10.0. The number of carbonyl (C=O) groups excluding carboxylic acids is 1. The third-order valence-electron chi connectivity index (χ3n) is 5.68. The van der Waals surface area contributed by atoms with Crippen molar-refractivity contribution in [2.75, 3.05) is 27.2 Å². The number of hydrogen-bond acceptors (Lipinski definition) is 3. The largest absolute Gasteiger partial charge is 0.481 e. The molecule has 1 saturated carbocycles. The van der Waals surface area contributed by atoms with Crippen LogP contribution in [-0.2, 0) is 4.79 Å². The van der Waals surface area contributed by atoms with E-state index in [1.165, 1.54) is 6.42 Å². The molecule has 1 aliphatic heterocycles. The molecule has 3 rings (SSSR count). The number of benzene rings is 1. The monoisotopic (exact) mass is 344 g/mol. The first-order valence-corrected chi connectivity index (χ1v) is 9.28. The summed E-state index contributed by atoms with van der Waals surface area (Å²) in [5.74, 6) is -1.18. The molecule has 5 heteroatoms. The average molecular weight is 344 g/mol. The van der Waals surface area contributed by atoms with Gasteiger partial charge in [-0.15, -0.1) is 0 Å². The Morgan fingerprint density at radius 3 is 2.52 bits per heavy atom. The first kappa shape index (κ1) is 17.9. The predicted molar refractivity (Wildman–Crippen MR) is 96.8 cm³/mol. The highest BCUT2D eigenvalue weighted by Gasteiger charge is 2.46. The van der Waals surface area contributed by atoms with Crippen LogP contribution in [0.3, 0.4) is 0 Å². The van der Waals surface area contributed by atoms with Crippen LogP contribution in [0.5, 0.6) is 0 Å². The summed E-state index contributed by atoms with van der Waals surface area (Å²) >= 11 is 0. The van der Waals surface area contributed by atoms with Gasteiger partial charge in [-0.25, -0.2) is 0 Å². The van der Waals surface area contributed by atoms with E-state index in [-0.39, 0.29) is 17.9 Å². The van der Waals surface area contributed by atoms with Crippen molar-refractivity contribution in [2.45, 2.75) is 44.1 Å². The number of rotatable bonds is 5. The standard InChI is InChI=1S/C20H28N2O3/c1-21(2)12-13-22-18(14-8-4-3-5-9-14)17(20(24)25)15-10-6-7-11-16(15)19(22)23/h6-7,10-11,14,17-18H,3-5,8-9,12-13H2,1-2H3,(H,24,25). The Labute approximate surface area is 149 Å². The van der Waals surface area contributed by atoms with E-state index in [1.807, 2.05) is 42.1 Å². The maximum Gasteiger partial charge on any atom is 0.313 e. The summed E-state index contributed by atoms with van der Waals surface area (Å²) < 4.78 is 0. The summed E-state index contributed by atoms with van der Waals surface area (Å²) in [5.41, 5.74) is 1.25. The first-order valence-electron chi connectivity index (χ1n) is 9.28. The minimum absolute atomic E-state index is 0.00877. The van der Waals surface area contributed by atoms with Gasteiger partial charge in [0, 0.05) is 18.7 Å². The van der Waals surface area contributed by atoms with Crippen LogP contribution in [0.15, 0.2) is 24.3 Å². The fourth-order valence-corrected chi connectivity index (χ4v) is 4.46. The molecule has 136 valence electrons. The lowest BCUT2D eigenvalue weighted by Crippen LogP contribution is -2.55. The second-order valence-corrected chi connectivity index (χ2v) is 7.59. The Hall–Kier alpha value is -1.88. The van der Waals surface area contributed by atoms with Gasteiger partial charge in [-0.3, -0.25) is 9.59 Å². The molecule has 1 aromatic rings. The normalized spacial score (nSPS) is 24.4. The Balaban J connectivity index is 2.03. The smallest absolute Gasteiger partial charge is 0.313 e. The number of nitrogens with zero attached hydrogens (tertiary/aromatic N) is 2. The van der Waals surface area contributed by atoms with Crippen LogP contribution >= 0.6 is 0 Å². The Morgan fingerprint density at radius 1 is 1.20 bits per heavy atom. The highest BCUT2D eigenvalue weighted by Crippen LogP contribution is 2.41. The van der Waals surface area contributed by atoms with Crippen molar-refractivity contribution in [3.63, 3.8) is 0 Å². The van der Waals surface area contributed by atoms with Gasteiger partial charge in [0.15, 0.2) is 0 Å². The third-order valence-corrected chi connectivity index (χ3v) is 5.68. The van der Waals surface area contributed by atoms with E-state index in [1.54, 1.807) is 6.07 Å². The van der Waals surface area contributed by atoms with E-state index in [2.05, 4.69) is 0 Å². The van der Waals surface area contributed by atoms with Crippen molar-refractivity contribution in [1.82, 2.24) is 9.80 Å². The van der Waals surface area contributed by atoms with Crippen LogP contribution in [0.25, 0.3) is 0 Å². The number of carboxylic acids is 1. The van der Waals surface area contributed by atoms with Crippen LogP contribution in [0.4, 0.5) is 0 Å². The number of amides is 1. The molecule has 1 amide bonds. The molecule has 0 aromatic heterocycles. The fraction of sp³-hybridized carbons (Fsp3) is 0.600. The molecular formula is C20H28N2O3. The van der Waals surface area contributed by atoms with Crippen molar-refractivity contribution in [3.05, 3.63) is 35.4 Å². The zero-order chi connectivity index (χ0) is 18.0. The summed E-state index contributed by atoms with van der Waals surface area (Å²) in [7, 11) is 3.96. The average Bonchev–Trinajstić information content (AvgIpc) is 2.61. The third kappa shape index (κ3) is 3.56. The van der Waals surface area contributed by atoms with Crippen molar-refractivity contribution in [1.29, 1.82) is 0 Å². The van der Waals surface area contributed by atoms with Crippen LogP contribution < -0.4 is 0 Å². The first-order chi connectivity index (χ1) is 12.0. The van der Waals surface area contributed by atoms with Crippen LogP contribution in [0.2, 0.25) is 0 Å². The quantitative estimate of drug-likeness (QED) is 0.892. The van der Waals surface area contributed by atoms with Gasteiger partial charge in [0.1, 0.15) is 5.92 Å². The fourth-order valence-electron chi connectivity index (χ4n) is 4.46. The van der Waals surface area contributed by atoms with Gasteiger partial charge in [0.25, 0.3) is 5.91 Å². The summed E-state index contributed by atoms with van der Waals surface area (Å²) in [4.78, 5) is 29.3. The van der Waals surface area contributed by atoms with E-state index >= 15 is 0 Å². The van der Waals surface area contributed by atoms with E-state index in [0.29, 0.717) is 17.7 Å². The maximum atomic E-state index is 13.2. The molecule has 1 aromatic carbocycles. The number of carbonyl (C=O) groups is 2. The highest BCUT2D eigenvalue weighted by atomic mass is 16.4. The second kappa shape index (κ2) is 7.56. The van der Waals surface area contributed by atoms with Crippen LogP contribution in [0.1, 0.15) is 53.9 Å². The highest BCUT2D eigenvalue weighted by molar-refractivity contribution is 6.00. The van der Waals surface area contributed by atoms with Gasteiger partial charge in [-0.1, -0.05) is 37.5 Å². The Bertz CT molecular complexity index is 638. The topological polar surface area (TPSA) is 60.9 Å². The molecule has 25 heavy (non-hydrogen) atoms. The SMILES string of the molecule is CN(C)CCN1C(=O)c2ccccc2C(C(=O)O)C1C1CCCCC1. The van der Waals surface area contributed by atoms with Crippen molar-refractivity contribution < 1.29 is 14.7 Å². The number of hydrogen-bond donors (Lipinski definition) is 1. The number of likely N-dealkylation sites (N-methyl/N-ethyl adjacent to an activating group) is 1. The molecule has 2 atom stereocenters. The maximum absolute atomic E-state index is 13.2. The van der Waals surface area contributed by atoms with E-state index in [0.717, 1.165) is 32.2 Å². The Morgan fingerprint density at radius 2 is 1.88 bits per heavy atom. The van der Waals surface area contributed by atoms with Gasteiger partial charge >= 0.3 is 5.97 Å². The predicted octanol–water partition coefficient (Wildman–Crippen LogP) is 2.82. The molecule has 0 saturated heterocycles. The minimum Gasteiger partial charge on any atom is -0.481 e.